The zero-order chi connectivity index (χ0) is 56.0. The van der Waals surface area contributed by atoms with Gasteiger partial charge in [0.05, 0.1) is 60.3 Å². The molecule has 8 N–H and O–H groups in total. The molecule has 35 heteroatoms. The summed E-state index contributed by atoms with van der Waals surface area (Å²) in [6.45, 7) is 8.91. The third-order valence-corrected chi connectivity index (χ3v) is 22.1. The summed E-state index contributed by atoms with van der Waals surface area (Å²) in [4.78, 5) is 98.9. The predicted molar refractivity (Wildman–Crippen MR) is 252 cm³/mol. The fourth-order valence-corrected chi connectivity index (χ4v) is 17.3. The summed E-state index contributed by atoms with van der Waals surface area (Å²) in [6.07, 6.45) is 3.96. The number of fused-ring (bicyclic) bond motifs is 5. The molecular formula is C40H55N11O20S4. The first kappa shape index (κ1) is 56.7. The summed E-state index contributed by atoms with van der Waals surface area (Å²) in [5, 5.41) is 51.3. The van der Waals surface area contributed by atoms with Gasteiger partial charge >= 0.3 is 34.3 Å². The van der Waals surface area contributed by atoms with E-state index in [0.717, 1.165) is 39.1 Å². The van der Waals surface area contributed by atoms with E-state index in [4.69, 9.17) is 20.8 Å². The average Bonchev–Trinajstić information content (AvgIpc) is 4.12. The van der Waals surface area contributed by atoms with Gasteiger partial charge in [-0.05, 0) is 53.9 Å². The maximum Gasteiger partial charge on any atom is 0.418 e. The zero-order valence-electron chi connectivity index (χ0n) is 40.6. The summed E-state index contributed by atoms with van der Waals surface area (Å²) in [7, 11) is -12.1. The van der Waals surface area contributed by atoms with Crippen LogP contribution in [-0.2, 0) is 74.5 Å². The Morgan fingerprint density at radius 1 is 0.920 bits per heavy atom. The number of aromatic nitrogens is 3. The van der Waals surface area contributed by atoms with Crippen LogP contribution >= 0.6 is 11.8 Å². The van der Waals surface area contributed by atoms with Gasteiger partial charge in [-0.25, -0.2) is 36.0 Å². The van der Waals surface area contributed by atoms with Crippen molar-refractivity contribution in [3.8, 4) is 0 Å². The number of sulfone groups is 2. The van der Waals surface area contributed by atoms with Crippen LogP contribution in [0.2, 0.25) is 0 Å². The fourth-order valence-electron chi connectivity index (χ4n) is 10.9. The third kappa shape index (κ3) is 9.67. The van der Waals surface area contributed by atoms with Gasteiger partial charge in [-0.3, -0.25) is 33.8 Å². The fraction of sp³-hybridized carbons (Fsp3) is 0.675. The van der Waals surface area contributed by atoms with E-state index in [1.54, 1.807) is 13.8 Å². The molecule has 8 saturated heterocycles. The van der Waals surface area contributed by atoms with Crippen molar-refractivity contribution in [2.24, 2.45) is 11.7 Å². The number of amides is 6. The van der Waals surface area contributed by atoms with Crippen molar-refractivity contribution < 1.29 is 92.9 Å². The monoisotopic (exact) mass is 1140 g/mol. The standard InChI is InChI=1S/C15H21N3O4S.C10H12N4O5S.C8H11NO5S.C7H11N3O6S/c1-7(19)12-10-5-11(13(15(21)22)18(10)14(12)20)23-9-3-4-17(6-9)8(2)16;1-10(5-13-3-2-11-12-13)8(9(16)17)14-6(15)4-7(14)20(10,18)19;1-8(2)6(7(11)12)9-4(10)3-5(9)15(8,13)14;8-6(11)5-2-1-4-3-9(5)7(12)10(4)16-17(13,14)15/h7,9-10,12,16,19H,3-6H2,1-2H3,(H,21,22);2-3,7-8H,4-5H2,1H3,(H,16,17);5-6H,3H2,1-2H3,(H,11,12);4-5H,1-3H2,(H2,8,11)(H,13,14,15)/t7-,9+,10-,12-;7-,8+,10+;5-,6+;4-,5+/m1111/s1. The molecule has 0 aromatic carbocycles. The molecule has 8 fully saturated rings. The molecule has 0 saturated carbocycles. The maximum absolute atomic E-state index is 12.5. The molecule has 1 aromatic heterocycles. The quantitative estimate of drug-likeness (QED) is 0.0498. The molecule has 0 unspecified atom stereocenters. The first-order chi connectivity index (χ1) is 34.6. The van der Waals surface area contributed by atoms with Gasteiger partial charge in [-0.15, -0.1) is 21.1 Å². The molecule has 10 rings (SSSR count). The number of nitrogens with zero attached hydrogens (tertiary/aromatic N) is 9. The lowest BCUT2D eigenvalue weighted by Gasteiger charge is -2.44. The number of thioether (sulfide) groups is 1. The van der Waals surface area contributed by atoms with E-state index in [1.807, 2.05) is 4.90 Å². The number of nitrogens with two attached hydrogens (primary N) is 1. The third-order valence-electron chi connectivity index (χ3n) is 14.8. The van der Waals surface area contributed by atoms with E-state index in [0.29, 0.717) is 30.2 Å². The van der Waals surface area contributed by atoms with Gasteiger partial charge in [-0.1, -0.05) is 5.21 Å². The minimum atomic E-state index is -4.75. The van der Waals surface area contributed by atoms with Crippen LogP contribution in [0.3, 0.4) is 0 Å². The molecular weight excluding hydrogens is 1080 g/mol. The number of carbonyl (C=O) groups excluding carboxylic acids is 5. The van der Waals surface area contributed by atoms with E-state index < -0.39 is 128 Å². The van der Waals surface area contributed by atoms with Gasteiger partial charge in [0.15, 0.2) is 25.7 Å². The summed E-state index contributed by atoms with van der Waals surface area (Å²) < 4.78 is 80.9. The van der Waals surface area contributed by atoms with E-state index in [9.17, 15) is 78.9 Å². The lowest BCUT2D eigenvalue weighted by molar-refractivity contribution is -0.161. The van der Waals surface area contributed by atoms with E-state index in [-0.39, 0.29) is 48.8 Å². The lowest BCUT2D eigenvalue weighted by atomic mass is 9.83. The SMILES string of the molecule is CC(=N)N1CC[C@H](SC2=C(C(=O)O)N3C(=O)[C@H]([C@@H](C)O)[C@H]3C2)C1.CC1(C)[C@H](C(=O)O)N2C(=O)C[C@H]2S1(=O)=O.C[C@]1(Cn2ccnn2)[C@H](C(=O)O)N2C(=O)C[C@H]2S1(=O)=O.NC(=O)[C@@H]1CC[C@@H]2CN1C(=O)N2OS(=O)(=O)O. The number of likely N-dealkylation sites (tertiary alicyclic amines) is 1. The van der Waals surface area contributed by atoms with Gasteiger partial charge in [0.1, 0.15) is 33.3 Å². The number of aliphatic carboxylic acids is 3. The van der Waals surface area contributed by atoms with Gasteiger partial charge in [-0.2, -0.15) is 13.5 Å². The Kier molecular flexibility index (Phi) is 15.0. The number of hydroxylamine groups is 2. The molecule has 0 spiro atoms. The average molecular weight is 1140 g/mol. The normalized spacial score (nSPS) is 32.5. The second-order valence-electron chi connectivity index (χ2n) is 19.8. The Morgan fingerprint density at radius 2 is 1.51 bits per heavy atom. The van der Waals surface area contributed by atoms with Gasteiger partial charge < -0.3 is 50.7 Å². The molecule has 6 amide bonds. The molecule has 414 valence electrons. The van der Waals surface area contributed by atoms with Crippen LogP contribution < -0.4 is 5.73 Å². The molecule has 0 aliphatic carbocycles. The Balaban J connectivity index is 0.000000148. The molecule has 9 aliphatic heterocycles. The number of primary amides is 1. The summed E-state index contributed by atoms with van der Waals surface area (Å²) in [5.41, 5.74) is 5.22. The number of urea groups is 1. The number of hydrogen-bond acceptors (Lipinski definition) is 20. The largest absolute Gasteiger partial charge is 0.480 e. The number of carboxylic acids is 3. The number of aliphatic hydroxyl groups is 1. The van der Waals surface area contributed by atoms with Crippen LogP contribution in [0.15, 0.2) is 23.0 Å². The highest BCUT2D eigenvalue weighted by atomic mass is 32.3. The highest BCUT2D eigenvalue weighted by Gasteiger charge is 2.70. The number of nitrogens with one attached hydrogen (secondary N) is 1. The second-order valence-corrected chi connectivity index (χ2v) is 27.5. The summed E-state index contributed by atoms with van der Waals surface area (Å²) in [5.74, 6) is -5.43. The number of piperidine rings is 1. The Labute approximate surface area is 432 Å². The molecule has 10 heterocycles. The zero-order valence-corrected chi connectivity index (χ0v) is 43.9. The van der Waals surface area contributed by atoms with Gasteiger partial charge in [0.2, 0.25) is 23.6 Å². The van der Waals surface area contributed by atoms with Crippen LogP contribution in [0.25, 0.3) is 0 Å². The van der Waals surface area contributed by atoms with Crippen LogP contribution in [0.4, 0.5) is 4.79 Å². The van der Waals surface area contributed by atoms with Crippen molar-refractivity contribution in [3.63, 3.8) is 0 Å². The van der Waals surface area contributed by atoms with E-state index >= 15 is 0 Å². The molecule has 75 heavy (non-hydrogen) atoms. The molecule has 0 radical (unpaired) electrons. The Bertz CT molecular complexity index is 2990. The topological polar surface area (TPSA) is 449 Å². The van der Waals surface area contributed by atoms with Gasteiger partial charge in [0.25, 0.3) is 0 Å². The molecule has 9 aliphatic rings. The number of carboxylic acid groups (broad SMARTS) is 3. The minimum absolute atomic E-state index is 0.0878. The Hall–Kier alpha value is -6.01. The van der Waals surface area contributed by atoms with Crippen LogP contribution in [0.5, 0.6) is 0 Å². The molecule has 11 atom stereocenters. The smallest absolute Gasteiger partial charge is 0.418 e. The van der Waals surface area contributed by atoms with Crippen molar-refractivity contribution in [3.05, 3.63) is 23.0 Å². The molecule has 2 bridgehead atoms. The van der Waals surface area contributed by atoms with E-state index in [2.05, 4.69) is 14.6 Å². The van der Waals surface area contributed by atoms with Crippen molar-refractivity contribution in [1.29, 1.82) is 5.41 Å². The van der Waals surface area contributed by atoms with Crippen LogP contribution in [0.1, 0.15) is 73.1 Å². The lowest BCUT2D eigenvalue weighted by Crippen LogP contribution is -2.61. The highest BCUT2D eigenvalue weighted by molar-refractivity contribution is 8.03. The number of carbonyl (C=O) groups is 8. The molecule has 1 aromatic rings. The Morgan fingerprint density at radius 3 is 1.97 bits per heavy atom. The predicted octanol–water partition coefficient (Wildman–Crippen LogP) is -3.14. The van der Waals surface area contributed by atoms with Crippen molar-refractivity contribution in [2.45, 2.75) is 141 Å². The minimum Gasteiger partial charge on any atom is -0.480 e. The first-order valence-electron chi connectivity index (χ1n) is 23.0. The second kappa shape index (κ2) is 19.8. The number of amidine groups is 1. The number of rotatable bonds is 11. The van der Waals surface area contributed by atoms with Gasteiger partial charge in [0, 0.05) is 42.4 Å². The highest BCUT2D eigenvalue weighted by Crippen LogP contribution is 2.50. The summed E-state index contributed by atoms with van der Waals surface area (Å²) >= 11 is 1.52. The first-order valence-corrected chi connectivity index (χ1v) is 28.3. The van der Waals surface area contributed by atoms with Crippen molar-refractivity contribution >= 4 is 95.2 Å². The number of aliphatic hydroxyl groups excluding tert-OH is 1. The number of hydrogen-bond donors (Lipinski definition) is 7. The van der Waals surface area contributed by atoms with Crippen molar-refractivity contribution in [1.82, 2.24) is 44.6 Å². The van der Waals surface area contributed by atoms with Crippen LogP contribution in [0, 0.1) is 11.3 Å². The number of β-lactam (4-membered cyclic amide) rings is 3. The van der Waals surface area contributed by atoms with E-state index in [1.165, 1.54) is 54.5 Å². The molecule has 31 nitrogen and oxygen atoms in total. The maximum atomic E-state index is 12.5. The van der Waals surface area contributed by atoms with Crippen LogP contribution in [-0.4, -0.2) is 230 Å². The van der Waals surface area contributed by atoms with Crippen molar-refractivity contribution in [2.75, 3.05) is 19.6 Å². The summed E-state index contributed by atoms with van der Waals surface area (Å²) in [6, 6.07) is -4.92.